The molecule has 2 rings (SSSR count). The van der Waals surface area contributed by atoms with Crippen LogP contribution < -0.4 is 0 Å². The Balaban J connectivity index is 2.81. The summed E-state index contributed by atoms with van der Waals surface area (Å²) in [4.78, 5) is 7.51. The van der Waals surface area contributed by atoms with Gasteiger partial charge in [-0.1, -0.05) is 12.1 Å². The van der Waals surface area contributed by atoms with E-state index in [1.54, 1.807) is 12.1 Å². The molecule has 0 unspecified atom stereocenters. The number of hydrogen-bond acceptors (Lipinski definition) is 5. The van der Waals surface area contributed by atoms with Crippen molar-refractivity contribution in [1.29, 1.82) is 0 Å². The maximum atomic E-state index is 11.2. The monoisotopic (exact) mass is 224 g/mol. The van der Waals surface area contributed by atoms with Crippen LogP contribution in [0.2, 0.25) is 0 Å². The molecule has 0 saturated carbocycles. The summed E-state index contributed by atoms with van der Waals surface area (Å²) < 4.78 is 22.4. The molecule has 15 heavy (non-hydrogen) atoms. The summed E-state index contributed by atoms with van der Waals surface area (Å²) in [7, 11) is -3.44. The Kier molecular flexibility index (Phi) is 2.08. The molecule has 6 heteroatoms. The fourth-order valence-corrected chi connectivity index (χ4v) is 1.70. The van der Waals surface area contributed by atoms with Crippen LogP contribution in [-0.4, -0.2) is 29.7 Å². The molecule has 0 bridgehead atoms. The van der Waals surface area contributed by atoms with Gasteiger partial charge in [0.2, 0.25) is 15.0 Å². The van der Waals surface area contributed by atoms with Crippen molar-refractivity contribution in [1.82, 2.24) is 9.97 Å². The number of phenols is 1. The minimum atomic E-state index is -3.44. The van der Waals surface area contributed by atoms with Crippen LogP contribution in [0.4, 0.5) is 0 Å². The van der Waals surface area contributed by atoms with E-state index in [2.05, 4.69) is 9.97 Å². The molecule has 0 saturated heterocycles. The van der Waals surface area contributed by atoms with Gasteiger partial charge in [-0.25, -0.2) is 18.4 Å². The summed E-state index contributed by atoms with van der Waals surface area (Å²) in [6, 6.07) is 4.78. The lowest BCUT2D eigenvalue weighted by Gasteiger charge is -2.01. The molecule has 0 aliphatic rings. The molecule has 1 N–H and O–H groups in total. The second-order valence-corrected chi connectivity index (χ2v) is 5.05. The fourth-order valence-electron chi connectivity index (χ4n) is 1.20. The van der Waals surface area contributed by atoms with Crippen LogP contribution in [0.15, 0.2) is 29.6 Å². The van der Waals surface area contributed by atoms with Crippen LogP contribution in [0, 0.1) is 0 Å². The number of aromatic hydroxyl groups is 1. The highest BCUT2D eigenvalue weighted by molar-refractivity contribution is 7.90. The molecule has 5 nitrogen and oxygen atoms in total. The first-order valence-corrected chi connectivity index (χ1v) is 6.02. The van der Waals surface area contributed by atoms with Crippen molar-refractivity contribution in [3.05, 3.63) is 24.4 Å². The number of benzene rings is 1. The van der Waals surface area contributed by atoms with Gasteiger partial charge in [0.25, 0.3) is 0 Å². The first-order chi connectivity index (χ1) is 6.98. The van der Waals surface area contributed by atoms with Crippen LogP contribution in [0.5, 0.6) is 5.75 Å². The summed E-state index contributed by atoms with van der Waals surface area (Å²) >= 11 is 0. The SMILES string of the molecule is CS(=O)(=O)c1ncc2cccc(O)c2n1. The highest BCUT2D eigenvalue weighted by Gasteiger charge is 2.12. The Bertz CT molecular complexity index is 622. The van der Waals surface area contributed by atoms with Gasteiger partial charge < -0.3 is 5.11 Å². The molecule has 1 heterocycles. The molecule has 0 atom stereocenters. The van der Waals surface area contributed by atoms with Crippen molar-refractivity contribution >= 4 is 20.7 Å². The molecule has 1 aromatic carbocycles. The van der Waals surface area contributed by atoms with Gasteiger partial charge in [0.05, 0.1) is 0 Å². The van der Waals surface area contributed by atoms with Crippen molar-refractivity contribution in [3.8, 4) is 5.75 Å². The van der Waals surface area contributed by atoms with Crippen molar-refractivity contribution in [3.63, 3.8) is 0 Å². The Hall–Kier alpha value is -1.69. The van der Waals surface area contributed by atoms with E-state index in [1.165, 1.54) is 12.3 Å². The van der Waals surface area contributed by atoms with Gasteiger partial charge in [-0.15, -0.1) is 0 Å². The summed E-state index contributed by atoms with van der Waals surface area (Å²) in [6.07, 6.45) is 2.40. The third-order valence-electron chi connectivity index (χ3n) is 1.90. The standard InChI is InChI=1S/C9H8N2O3S/c1-15(13,14)9-10-5-6-3-2-4-7(12)8(6)11-9/h2-5,12H,1H3. The minimum absolute atomic E-state index is 0.0557. The molecular weight excluding hydrogens is 216 g/mol. The van der Waals surface area contributed by atoms with Gasteiger partial charge >= 0.3 is 0 Å². The normalized spacial score (nSPS) is 11.8. The predicted octanol–water partition coefficient (Wildman–Crippen LogP) is 0.739. The highest BCUT2D eigenvalue weighted by atomic mass is 32.2. The van der Waals surface area contributed by atoms with Crippen LogP contribution >= 0.6 is 0 Å². The van der Waals surface area contributed by atoms with Gasteiger partial charge in [0.1, 0.15) is 11.3 Å². The van der Waals surface area contributed by atoms with Crippen molar-refractivity contribution in [2.75, 3.05) is 6.26 Å². The largest absolute Gasteiger partial charge is 0.506 e. The smallest absolute Gasteiger partial charge is 0.247 e. The second-order valence-electron chi connectivity index (χ2n) is 3.14. The molecule has 0 fully saturated rings. The first kappa shape index (κ1) is 9.85. The average molecular weight is 224 g/mol. The first-order valence-electron chi connectivity index (χ1n) is 4.13. The zero-order valence-corrected chi connectivity index (χ0v) is 8.69. The van der Waals surface area contributed by atoms with E-state index in [9.17, 15) is 13.5 Å². The number of aromatic nitrogens is 2. The van der Waals surface area contributed by atoms with Gasteiger partial charge in [0, 0.05) is 17.8 Å². The van der Waals surface area contributed by atoms with Crippen LogP contribution in [0.3, 0.4) is 0 Å². The maximum absolute atomic E-state index is 11.2. The van der Waals surface area contributed by atoms with Gasteiger partial charge in [-0.3, -0.25) is 0 Å². The number of nitrogens with zero attached hydrogens (tertiary/aromatic N) is 2. The average Bonchev–Trinajstić information content (AvgIpc) is 2.16. The van der Waals surface area contributed by atoms with Gasteiger partial charge in [-0.2, -0.15) is 0 Å². The zero-order valence-electron chi connectivity index (χ0n) is 7.88. The number of rotatable bonds is 1. The van der Waals surface area contributed by atoms with E-state index in [1.807, 2.05) is 0 Å². The summed E-state index contributed by atoms with van der Waals surface area (Å²) in [5.41, 5.74) is 0.243. The fraction of sp³-hybridized carbons (Fsp3) is 0.111. The Labute approximate surface area is 86.3 Å². The lowest BCUT2D eigenvalue weighted by Crippen LogP contribution is -2.03. The summed E-state index contributed by atoms with van der Waals surface area (Å²) in [6.45, 7) is 0. The van der Waals surface area contributed by atoms with E-state index in [-0.39, 0.29) is 16.4 Å². The van der Waals surface area contributed by atoms with E-state index in [0.29, 0.717) is 5.39 Å². The Morgan fingerprint density at radius 2 is 2.07 bits per heavy atom. The van der Waals surface area contributed by atoms with Crippen LogP contribution in [-0.2, 0) is 9.84 Å². The quantitative estimate of drug-likeness (QED) is 0.722. The third-order valence-corrected chi connectivity index (χ3v) is 2.76. The molecule has 0 aliphatic heterocycles. The lowest BCUT2D eigenvalue weighted by atomic mass is 10.2. The van der Waals surface area contributed by atoms with Crippen LogP contribution in [0.1, 0.15) is 0 Å². The zero-order chi connectivity index (χ0) is 11.1. The molecular formula is C9H8N2O3S. The molecule has 0 spiro atoms. The number of hydrogen-bond donors (Lipinski definition) is 1. The van der Waals surface area contributed by atoms with Gasteiger partial charge in [-0.05, 0) is 6.07 Å². The lowest BCUT2D eigenvalue weighted by molar-refractivity contribution is 0.480. The van der Waals surface area contributed by atoms with Gasteiger partial charge in [0.15, 0.2) is 0 Å². The number of sulfone groups is 1. The summed E-state index contributed by atoms with van der Waals surface area (Å²) in [5.74, 6) is -0.0557. The molecule has 0 aliphatic carbocycles. The predicted molar refractivity (Wildman–Crippen MR) is 54.3 cm³/mol. The van der Waals surface area contributed by atoms with E-state index >= 15 is 0 Å². The molecule has 78 valence electrons. The van der Waals surface area contributed by atoms with Crippen molar-refractivity contribution < 1.29 is 13.5 Å². The topological polar surface area (TPSA) is 80.2 Å². The Morgan fingerprint density at radius 1 is 1.33 bits per heavy atom. The molecule has 0 radical (unpaired) electrons. The summed E-state index contributed by atoms with van der Waals surface area (Å²) in [5, 5.41) is 9.79. The number of phenolic OH excluding ortho intramolecular Hbond substituents is 1. The highest BCUT2D eigenvalue weighted by Crippen LogP contribution is 2.22. The minimum Gasteiger partial charge on any atom is -0.506 e. The second kappa shape index (κ2) is 3.16. The molecule has 0 amide bonds. The van der Waals surface area contributed by atoms with Crippen molar-refractivity contribution in [2.45, 2.75) is 5.16 Å². The number of para-hydroxylation sites is 1. The Morgan fingerprint density at radius 3 is 2.73 bits per heavy atom. The maximum Gasteiger partial charge on any atom is 0.247 e. The van der Waals surface area contributed by atoms with Crippen LogP contribution in [0.25, 0.3) is 10.9 Å². The number of fused-ring (bicyclic) bond motifs is 1. The van der Waals surface area contributed by atoms with E-state index < -0.39 is 9.84 Å². The third kappa shape index (κ3) is 1.75. The molecule has 2 aromatic rings. The van der Waals surface area contributed by atoms with E-state index in [4.69, 9.17) is 0 Å². The van der Waals surface area contributed by atoms with E-state index in [0.717, 1.165) is 6.26 Å². The molecule has 1 aromatic heterocycles. The van der Waals surface area contributed by atoms with Crippen molar-refractivity contribution in [2.24, 2.45) is 0 Å².